The Kier molecular flexibility index (Phi) is 7.99. The molecule has 3 aromatic carbocycles. The quantitative estimate of drug-likeness (QED) is 0.129. The van der Waals surface area contributed by atoms with Crippen LogP contribution >= 0.6 is 0 Å². The number of hydrogen-bond donors (Lipinski definition) is 1. The second-order valence-electron chi connectivity index (χ2n) is 12.1. The third-order valence-electron chi connectivity index (χ3n) is 9.25. The molecule has 2 aromatic heterocycles. The van der Waals surface area contributed by atoms with Crippen LogP contribution in [0.2, 0.25) is 0 Å². The van der Waals surface area contributed by atoms with Crippen LogP contribution in [-0.4, -0.2) is 32.0 Å². The molecule has 5 aromatic rings. The molecule has 238 valence electrons. The summed E-state index contributed by atoms with van der Waals surface area (Å²) in [6.45, 7) is 3.93. The number of fused-ring (bicyclic) bond motifs is 3. The van der Waals surface area contributed by atoms with Crippen LogP contribution in [0.3, 0.4) is 0 Å². The van der Waals surface area contributed by atoms with E-state index in [4.69, 9.17) is 5.41 Å². The lowest BCUT2D eigenvalue weighted by Crippen LogP contribution is -2.28. The first kappa shape index (κ1) is 30.0. The van der Waals surface area contributed by atoms with Gasteiger partial charge in [-0.05, 0) is 97.3 Å². The number of rotatable bonds is 9. The molecule has 7 nitrogen and oxygen atoms in total. The standard InChI is InChI=1S/C42H35N7/c1-2-30(27-28-43)41-45-46-42(49(41)40-18-10-11-29-44-40)31-19-21-33(22-20-31)47(32-12-4-3-5-13-32)34-23-25-35(26-24-34)48-38-16-8-6-14-36(38)37-15-7-9-17-39(37)48/h2,4,6-29,36,38,43H,1,3,5H2/b30-27+,43-28?. The topological polar surface area (TPSA) is 73.9 Å². The van der Waals surface area contributed by atoms with Crippen molar-refractivity contribution in [3.63, 3.8) is 0 Å². The van der Waals surface area contributed by atoms with Crippen LogP contribution in [0.5, 0.6) is 0 Å². The Morgan fingerprint density at radius 3 is 2.37 bits per heavy atom. The van der Waals surface area contributed by atoms with Crippen molar-refractivity contribution in [3.05, 3.63) is 176 Å². The fourth-order valence-electron chi connectivity index (χ4n) is 7.01. The molecule has 3 heterocycles. The van der Waals surface area contributed by atoms with E-state index < -0.39 is 0 Å². The largest absolute Gasteiger partial charge is 0.333 e. The van der Waals surface area contributed by atoms with Crippen LogP contribution in [0.1, 0.15) is 30.1 Å². The van der Waals surface area contributed by atoms with Crippen molar-refractivity contribution in [1.82, 2.24) is 19.7 Å². The summed E-state index contributed by atoms with van der Waals surface area (Å²) in [6.07, 6.45) is 24.0. The van der Waals surface area contributed by atoms with E-state index in [1.807, 2.05) is 22.8 Å². The predicted octanol–water partition coefficient (Wildman–Crippen LogP) is 9.65. The monoisotopic (exact) mass is 637 g/mol. The SMILES string of the molecule is C=C/C(=C\C=N)c1nnc(-c2ccc(N(C3=CCCC=C3)c3ccc(N4c5ccccc5C5C=CC=CC54)cc3)cc2)n1-c1ccccn1. The van der Waals surface area contributed by atoms with E-state index in [1.54, 1.807) is 18.3 Å². The maximum absolute atomic E-state index is 7.63. The molecule has 0 bridgehead atoms. The van der Waals surface area contributed by atoms with Gasteiger partial charge < -0.3 is 15.2 Å². The Bertz CT molecular complexity index is 2170. The number of pyridine rings is 1. The molecule has 0 amide bonds. The Morgan fingerprint density at radius 2 is 1.63 bits per heavy atom. The lowest BCUT2D eigenvalue weighted by atomic mass is 9.91. The van der Waals surface area contributed by atoms with Crippen LogP contribution in [0.4, 0.5) is 22.7 Å². The number of aromatic nitrogens is 4. The summed E-state index contributed by atoms with van der Waals surface area (Å²) >= 11 is 0. The van der Waals surface area contributed by atoms with E-state index in [0.29, 0.717) is 29.0 Å². The van der Waals surface area contributed by atoms with E-state index in [0.717, 1.165) is 35.5 Å². The first-order chi connectivity index (χ1) is 24.2. The number of nitrogens with one attached hydrogen (secondary N) is 1. The summed E-state index contributed by atoms with van der Waals surface area (Å²) in [7, 11) is 0. The van der Waals surface area contributed by atoms with Gasteiger partial charge in [-0.3, -0.25) is 4.57 Å². The molecule has 0 fully saturated rings. The van der Waals surface area contributed by atoms with Crippen LogP contribution in [0, 0.1) is 5.41 Å². The minimum atomic E-state index is 0.262. The maximum Gasteiger partial charge on any atom is 0.170 e. The van der Waals surface area contributed by atoms with Gasteiger partial charge in [-0.15, -0.1) is 10.2 Å². The molecule has 1 aliphatic heterocycles. The lowest BCUT2D eigenvalue weighted by Gasteiger charge is -2.31. The number of para-hydroxylation sites is 1. The molecular formula is C42H35N7. The Hall–Kier alpha value is -6.34. The summed E-state index contributed by atoms with van der Waals surface area (Å²) in [5.74, 6) is 2.26. The van der Waals surface area contributed by atoms with E-state index in [1.165, 1.54) is 23.2 Å². The normalized spacial score (nSPS) is 17.8. The van der Waals surface area contributed by atoms with Crippen molar-refractivity contribution in [2.75, 3.05) is 9.80 Å². The zero-order valence-electron chi connectivity index (χ0n) is 27.0. The van der Waals surface area contributed by atoms with Crippen molar-refractivity contribution in [2.45, 2.75) is 24.8 Å². The van der Waals surface area contributed by atoms with Gasteiger partial charge in [0.1, 0.15) is 5.82 Å². The summed E-state index contributed by atoms with van der Waals surface area (Å²) in [6, 6.07) is 32.1. The van der Waals surface area contributed by atoms with Crippen molar-refractivity contribution in [3.8, 4) is 17.2 Å². The van der Waals surface area contributed by atoms with Crippen molar-refractivity contribution >= 4 is 34.5 Å². The van der Waals surface area contributed by atoms with Crippen molar-refractivity contribution in [1.29, 1.82) is 5.41 Å². The smallest absolute Gasteiger partial charge is 0.170 e. The molecule has 2 atom stereocenters. The number of allylic oxidation sites excluding steroid dienone is 8. The number of anilines is 4. The molecule has 0 saturated carbocycles. The average Bonchev–Trinajstić information content (AvgIpc) is 3.76. The predicted molar refractivity (Wildman–Crippen MR) is 200 cm³/mol. The fraction of sp³-hybridized carbons (Fsp3) is 0.0952. The van der Waals surface area contributed by atoms with Gasteiger partial charge in [0.05, 0.1) is 6.04 Å². The molecule has 3 aliphatic rings. The van der Waals surface area contributed by atoms with Gasteiger partial charge in [0, 0.05) is 57.9 Å². The van der Waals surface area contributed by atoms with Gasteiger partial charge in [-0.1, -0.05) is 73.4 Å². The number of benzene rings is 3. The molecule has 8 rings (SSSR count). The van der Waals surface area contributed by atoms with E-state index in [2.05, 4.69) is 147 Å². The van der Waals surface area contributed by atoms with Crippen LogP contribution in [0.15, 0.2) is 164 Å². The molecule has 2 aliphatic carbocycles. The maximum atomic E-state index is 7.63. The summed E-state index contributed by atoms with van der Waals surface area (Å²) in [4.78, 5) is 9.36. The fourth-order valence-corrected chi connectivity index (χ4v) is 7.01. The first-order valence-electron chi connectivity index (χ1n) is 16.6. The van der Waals surface area contributed by atoms with E-state index in [-0.39, 0.29) is 6.04 Å². The van der Waals surface area contributed by atoms with Gasteiger partial charge in [0.2, 0.25) is 0 Å². The first-order valence-corrected chi connectivity index (χ1v) is 16.6. The summed E-state index contributed by atoms with van der Waals surface area (Å²) < 4.78 is 1.91. The third kappa shape index (κ3) is 5.45. The van der Waals surface area contributed by atoms with E-state index >= 15 is 0 Å². The van der Waals surface area contributed by atoms with Crippen LogP contribution < -0.4 is 9.80 Å². The molecule has 1 N–H and O–H groups in total. The summed E-state index contributed by atoms with van der Waals surface area (Å²) in [5, 5.41) is 16.7. The number of hydrogen-bond acceptors (Lipinski definition) is 6. The zero-order chi connectivity index (χ0) is 33.2. The third-order valence-corrected chi connectivity index (χ3v) is 9.25. The highest BCUT2D eigenvalue weighted by Crippen LogP contribution is 2.48. The van der Waals surface area contributed by atoms with Crippen LogP contribution in [-0.2, 0) is 0 Å². The molecule has 0 saturated heterocycles. The molecule has 7 heteroatoms. The van der Waals surface area contributed by atoms with Gasteiger partial charge in [0.25, 0.3) is 0 Å². The minimum absolute atomic E-state index is 0.262. The highest BCUT2D eigenvalue weighted by molar-refractivity contribution is 5.86. The van der Waals surface area contributed by atoms with Gasteiger partial charge in [-0.2, -0.15) is 0 Å². The highest BCUT2D eigenvalue weighted by atomic mass is 15.3. The zero-order valence-corrected chi connectivity index (χ0v) is 27.0. The molecule has 0 spiro atoms. The lowest BCUT2D eigenvalue weighted by molar-refractivity contribution is 0.745. The Labute approximate surface area is 286 Å². The average molecular weight is 638 g/mol. The van der Waals surface area contributed by atoms with Crippen molar-refractivity contribution in [2.24, 2.45) is 0 Å². The second-order valence-corrected chi connectivity index (χ2v) is 12.1. The van der Waals surface area contributed by atoms with Crippen molar-refractivity contribution < 1.29 is 0 Å². The molecule has 0 radical (unpaired) electrons. The Balaban J connectivity index is 1.16. The minimum Gasteiger partial charge on any atom is -0.333 e. The van der Waals surface area contributed by atoms with Gasteiger partial charge in [-0.25, -0.2) is 4.98 Å². The van der Waals surface area contributed by atoms with Crippen LogP contribution in [0.25, 0.3) is 22.8 Å². The van der Waals surface area contributed by atoms with Gasteiger partial charge in [0.15, 0.2) is 11.6 Å². The highest BCUT2D eigenvalue weighted by Gasteiger charge is 2.37. The molecule has 49 heavy (non-hydrogen) atoms. The number of nitrogens with zero attached hydrogens (tertiary/aromatic N) is 6. The van der Waals surface area contributed by atoms with E-state index in [9.17, 15) is 0 Å². The molecular weight excluding hydrogens is 603 g/mol. The summed E-state index contributed by atoms with van der Waals surface area (Å²) in [5.41, 5.74) is 8.66. The Morgan fingerprint density at radius 1 is 0.857 bits per heavy atom. The second kappa shape index (κ2) is 13.0. The molecule has 2 unspecified atom stereocenters. The van der Waals surface area contributed by atoms with Gasteiger partial charge >= 0.3 is 0 Å².